The minimum Gasteiger partial charge on any atom is -0.365 e. The van der Waals surface area contributed by atoms with Gasteiger partial charge in [0.25, 0.3) is 11.7 Å². The normalized spacial score (nSPS) is 24.8. The summed E-state index contributed by atoms with van der Waals surface area (Å²) in [5, 5.41) is 41.5. The molecule has 1 atom stereocenters. The van der Waals surface area contributed by atoms with Gasteiger partial charge in [0, 0.05) is 24.9 Å². The van der Waals surface area contributed by atoms with Gasteiger partial charge in [0.2, 0.25) is 0 Å². The summed E-state index contributed by atoms with van der Waals surface area (Å²) < 4.78 is 5.57. The fraction of sp³-hybridized carbons (Fsp3) is 0.562. The van der Waals surface area contributed by atoms with Crippen molar-refractivity contribution >= 4 is 5.91 Å². The number of carbonyl (C=O) groups is 1. The Balaban J connectivity index is 1.82. The second-order valence-corrected chi connectivity index (χ2v) is 6.39. The maximum atomic E-state index is 11.5. The summed E-state index contributed by atoms with van der Waals surface area (Å²) >= 11 is 0. The second kappa shape index (κ2) is 6.30. The van der Waals surface area contributed by atoms with Crippen LogP contribution in [0.15, 0.2) is 18.2 Å². The molecule has 1 heterocycles. The van der Waals surface area contributed by atoms with E-state index in [1.807, 2.05) is 0 Å². The summed E-state index contributed by atoms with van der Waals surface area (Å²) in [5.74, 6) is -5.26. The number of hydrogen-bond donors (Lipinski definition) is 5. The van der Waals surface area contributed by atoms with Crippen molar-refractivity contribution in [3.05, 3.63) is 29.3 Å². The van der Waals surface area contributed by atoms with E-state index in [4.69, 9.17) is 9.99 Å². The Bertz CT molecular complexity index is 625. The third kappa shape index (κ3) is 3.11. The molecular formula is C16H21NO7. The fourth-order valence-electron chi connectivity index (χ4n) is 3.28. The first-order valence-electron chi connectivity index (χ1n) is 7.89. The van der Waals surface area contributed by atoms with Crippen LogP contribution in [0.25, 0.3) is 0 Å². The van der Waals surface area contributed by atoms with Gasteiger partial charge >= 0.3 is 0 Å². The summed E-state index contributed by atoms with van der Waals surface area (Å²) in [6.07, 6.45) is 2.85. The molecule has 24 heavy (non-hydrogen) atoms. The van der Waals surface area contributed by atoms with E-state index in [9.17, 15) is 20.1 Å². The van der Waals surface area contributed by atoms with Gasteiger partial charge in [0.05, 0.1) is 12.5 Å². The molecule has 1 aliphatic heterocycles. The summed E-state index contributed by atoms with van der Waals surface area (Å²) in [5.41, 5.74) is 0.918. The molecule has 0 aromatic heterocycles. The van der Waals surface area contributed by atoms with Gasteiger partial charge in [0.15, 0.2) is 11.5 Å². The highest BCUT2D eigenvalue weighted by Gasteiger charge is 2.48. The van der Waals surface area contributed by atoms with Crippen LogP contribution in [-0.2, 0) is 16.1 Å². The molecule has 2 aliphatic rings. The Morgan fingerprint density at radius 3 is 2.50 bits per heavy atom. The van der Waals surface area contributed by atoms with E-state index in [-0.39, 0.29) is 18.9 Å². The summed E-state index contributed by atoms with van der Waals surface area (Å²) in [6, 6.07) is 4.55. The largest absolute Gasteiger partial charge is 0.365 e. The highest BCUT2D eigenvalue weighted by Crippen LogP contribution is 2.35. The predicted molar refractivity (Wildman–Crippen MR) is 80.8 cm³/mol. The number of hydrogen-bond acceptors (Lipinski definition) is 7. The molecule has 8 nitrogen and oxygen atoms in total. The van der Waals surface area contributed by atoms with Gasteiger partial charge in [-0.05, 0) is 30.5 Å². The molecule has 1 aliphatic carbocycles. The van der Waals surface area contributed by atoms with Crippen molar-refractivity contribution in [3.8, 4) is 5.75 Å². The number of ether oxygens (including phenoxy) is 1. The number of aliphatic hydroxyl groups is 3. The van der Waals surface area contributed by atoms with Crippen molar-refractivity contribution < 1.29 is 35.0 Å². The van der Waals surface area contributed by atoms with Crippen molar-refractivity contribution in [2.45, 2.75) is 49.8 Å². The van der Waals surface area contributed by atoms with Crippen LogP contribution in [0.3, 0.4) is 0 Å². The number of benzene rings is 1. The van der Waals surface area contributed by atoms with Gasteiger partial charge in [-0.1, -0.05) is 6.07 Å². The first-order chi connectivity index (χ1) is 11.4. The molecule has 5 N–H and O–H groups in total. The lowest BCUT2D eigenvalue weighted by Crippen LogP contribution is -2.41. The first kappa shape index (κ1) is 17.1. The van der Waals surface area contributed by atoms with E-state index in [2.05, 4.69) is 10.2 Å². The average Bonchev–Trinajstić information content (AvgIpc) is 3.10. The molecule has 1 aromatic rings. The number of amides is 1. The third-order valence-electron chi connectivity index (χ3n) is 4.75. The molecule has 1 saturated carbocycles. The zero-order valence-corrected chi connectivity index (χ0v) is 13.1. The van der Waals surface area contributed by atoms with E-state index in [1.54, 1.807) is 6.07 Å². The maximum absolute atomic E-state index is 11.5. The quantitative estimate of drug-likeness (QED) is 0.295. The molecule has 1 aromatic carbocycles. The van der Waals surface area contributed by atoms with Crippen molar-refractivity contribution in [2.24, 2.45) is 0 Å². The molecule has 0 radical (unpaired) electrons. The first-order valence-corrected chi connectivity index (χ1v) is 7.89. The molecule has 0 spiro atoms. The Hall–Kier alpha value is -1.71. The molecule has 1 unspecified atom stereocenters. The van der Waals surface area contributed by atoms with Crippen LogP contribution in [0, 0.1) is 0 Å². The fourth-order valence-corrected chi connectivity index (χ4v) is 3.28. The van der Waals surface area contributed by atoms with Gasteiger partial charge in [-0.2, -0.15) is 0 Å². The lowest BCUT2D eigenvalue weighted by molar-refractivity contribution is -0.206. The SMILES string of the molecule is O=C1NCC(c2ccc(OO)c(COC3(O)CCCC3)c2)C1(O)O. The van der Waals surface area contributed by atoms with E-state index in [1.165, 1.54) is 12.1 Å². The standard InChI is InChI=1S/C16H21NO7/c18-14-16(20,21)12(8-17-14)10-3-4-13(24-22)11(7-10)9-23-15(19)5-1-2-6-15/h3-4,7,12,19-22H,1-2,5-6,8-9H2,(H,17,18). The Labute approximate surface area is 138 Å². The number of carbonyl (C=O) groups excluding carboxylic acids is 1. The monoisotopic (exact) mass is 339 g/mol. The van der Waals surface area contributed by atoms with Crippen LogP contribution in [0.1, 0.15) is 42.7 Å². The predicted octanol–water partition coefficient (Wildman–Crippen LogP) is 0.212. The van der Waals surface area contributed by atoms with Gasteiger partial charge in [-0.15, -0.1) is 0 Å². The van der Waals surface area contributed by atoms with E-state index in [0.29, 0.717) is 24.0 Å². The second-order valence-electron chi connectivity index (χ2n) is 6.39. The van der Waals surface area contributed by atoms with Crippen LogP contribution in [0.2, 0.25) is 0 Å². The van der Waals surface area contributed by atoms with Gasteiger partial charge in [-0.3, -0.25) is 4.79 Å². The Morgan fingerprint density at radius 1 is 1.21 bits per heavy atom. The highest BCUT2D eigenvalue weighted by molar-refractivity contribution is 5.87. The van der Waals surface area contributed by atoms with E-state index in [0.717, 1.165) is 12.8 Å². The van der Waals surface area contributed by atoms with Crippen LogP contribution < -0.4 is 10.2 Å². The zero-order valence-electron chi connectivity index (χ0n) is 13.1. The number of nitrogens with one attached hydrogen (secondary N) is 1. The van der Waals surface area contributed by atoms with Crippen molar-refractivity contribution in [1.29, 1.82) is 0 Å². The van der Waals surface area contributed by atoms with Gasteiger partial charge < -0.3 is 30.3 Å². The molecule has 2 fully saturated rings. The topological polar surface area (TPSA) is 128 Å². The van der Waals surface area contributed by atoms with Crippen LogP contribution >= 0.6 is 0 Å². The van der Waals surface area contributed by atoms with Crippen molar-refractivity contribution in [3.63, 3.8) is 0 Å². The van der Waals surface area contributed by atoms with Crippen molar-refractivity contribution in [1.82, 2.24) is 5.32 Å². The van der Waals surface area contributed by atoms with E-state index >= 15 is 0 Å². The van der Waals surface area contributed by atoms with Crippen LogP contribution in [-0.4, -0.2) is 44.6 Å². The number of rotatable bonds is 5. The lowest BCUT2D eigenvalue weighted by Gasteiger charge is -2.24. The minimum absolute atomic E-state index is 0.0157. The summed E-state index contributed by atoms with van der Waals surface area (Å²) in [4.78, 5) is 15.8. The molecule has 8 heteroatoms. The highest BCUT2D eigenvalue weighted by atomic mass is 17.1. The summed E-state index contributed by atoms with van der Waals surface area (Å²) in [7, 11) is 0. The van der Waals surface area contributed by atoms with Crippen molar-refractivity contribution in [2.75, 3.05) is 6.54 Å². The lowest BCUT2D eigenvalue weighted by atomic mass is 9.91. The Kier molecular flexibility index (Phi) is 4.50. The zero-order chi connectivity index (χ0) is 17.4. The van der Waals surface area contributed by atoms with Crippen LogP contribution in [0.5, 0.6) is 5.75 Å². The van der Waals surface area contributed by atoms with Crippen LogP contribution in [0.4, 0.5) is 0 Å². The maximum Gasteiger partial charge on any atom is 0.280 e. The molecular weight excluding hydrogens is 318 g/mol. The molecule has 132 valence electrons. The third-order valence-corrected chi connectivity index (χ3v) is 4.75. The minimum atomic E-state index is -2.50. The molecule has 0 bridgehead atoms. The molecule has 1 amide bonds. The summed E-state index contributed by atoms with van der Waals surface area (Å²) in [6.45, 7) is 0.0631. The Morgan fingerprint density at radius 2 is 1.92 bits per heavy atom. The average molecular weight is 339 g/mol. The smallest absolute Gasteiger partial charge is 0.280 e. The molecule has 3 rings (SSSR count). The van der Waals surface area contributed by atoms with E-state index < -0.39 is 23.4 Å². The molecule has 1 saturated heterocycles. The van der Waals surface area contributed by atoms with Gasteiger partial charge in [-0.25, -0.2) is 5.26 Å². The van der Waals surface area contributed by atoms with Gasteiger partial charge in [0.1, 0.15) is 0 Å².